The number of hydrogen-bond donors (Lipinski definition) is 1. The molecule has 2 aromatic rings. The highest BCUT2D eigenvalue weighted by atomic mass is 32.1. The third kappa shape index (κ3) is 3.41. The van der Waals surface area contributed by atoms with Crippen LogP contribution >= 0.6 is 11.3 Å². The minimum absolute atomic E-state index is 0.212. The monoisotopic (exact) mass is 289 g/mol. The maximum absolute atomic E-state index is 5.55. The fraction of sp³-hybridized carbons (Fsp3) is 0.412. The molecule has 1 atom stereocenters. The molecule has 0 fully saturated rings. The highest BCUT2D eigenvalue weighted by Crippen LogP contribution is 2.34. The summed E-state index contributed by atoms with van der Waals surface area (Å²) in [5.74, 6) is 0.954. The number of aryl methyl sites for hydroxylation is 2. The van der Waals surface area contributed by atoms with Crippen LogP contribution in [0.5, 0.6) is 5.75 Å². The van der Waals surface area contributed by atoms with E-state index in [4.69, 9.17) is 4.74 Å². The van der Waals surface area contributed by atoms with Crippen molar-refractivity contribution in [1.29, 1.82) is 0 Å². The minimum atomic E-state index is 0.212. The standard InChI is InChI=1S/C17H23NOS/c1-5-10-18-17(16-9-7-13(3)20-16)14-11-12(2)6-8-15(14)19-4/h6-9,11,17-18H,5,10H2,1-4H3. The van der Waals surface area contributed by atoms with Crippen molar-refractivity contribution >= 4 is 11.3 Å². The summed E-state index contributed by atoms with van der Waals surface area (Å²) in [5.41, 5.74) is 2.49. The Morgan fingerprint density at radius 3 is 2.60 bits per heavy atom. The number of benzene rings is 1. The molecule has 2 rings (SSSR count). The predicted octanol–water partition coefficient (Wildman–Crippen LogP) is 4.46. The third-order valence-electron chi connectivity index (χ3n) is 3.34. The Morgan fingerprint density at radius 1 is 1.20 bits per heavy atom. The number of nitrogens with one attached hydrogen (secondary N) is 1. The highest BCUT2D eigenvalue weighted by molar-refractivity contribution is 7.12. The number of rotatable bonds is 6. The van der Waals surface area contributed by atoms with E-state index < -0.39 is 0 Å². The lowest BCUT2D eigenvalue weighted by Crippen LogP contribution is -2.23. The highest BCUT2D eigenvalue weighted by Gasteiger charge is 2.19. The maximum atomic E-state index is 5.55. The average Bonchev–Trinajstić information content (AvgIpc) is 2.86. The van der Waals surface area contributed by atoms with E-state index in [9.17, 15) is 0 Å². The Bertz CT molecular complexity index is 562. The molecule has 3 heteroatoms. The van der Waals surface area contributed by atoms with Crippen LogP contribution < -0.4 is 10.1 Å². The molecule has 1 aromatic heterocycles. The smallest absolute Gasteiger partial charge is 0.124 e. The SMILES string of the molecule is CCCNC(c1ccc(C)s1)c1cc(C)ccc1OC. The van der Waals surface area contributed by atoms with Gasteiger partial charge in [-0.15, -0.1) is 11.3 Å². The molecule has 0 saturated carbocycles. The molecule has 0 aliphatic heterocycles. The summed E-state index contributed by atoms with van der Waals surface area (Å²) in [7, 11) is 1.74. The number of hydrogen-bond acceptors (Lipinski definition) is 3. The molecule has 0 bridgehead atoms. The van der Waals surface area contributed by atoms with Gasteiger partial charge >= 0.3 is 0 Å². The molecule has 1 unspecified atom stereocenters. The van der Waals surface area contributed by atoms with Gasteiger partial charge in [0.2, 0.25) is 0 Å². The van der Waals surface area contributed by atoms with Crippen LogP contribution in [0.1, 0.15) is 40.3 Å². The molecule has 1 heterocycles. The molecule has 0 spiro atoms. The molecule has 108 valence electrons. The second-order valence-corrected chi connectivity index (χ2v) is 6.40. The topological polar surface area (TPSA) is 21.3 Å². The van der Waals surface area contributed by atoms with Crippen molar-refractivity contribution in [2.24, 2.45) is 0 Å². The van der Waals surface area contributed by atoms with Crippen molar-refractivity contribution in [2.75, 3.05) is 13.7 Å². The van der Waals surface area contributed by atoms with Gasteiger partial charge in [0.15, 0.2) is 0 Å². The van der Waals surface area contributed by atoms with Crippen molar-refractivity contribution < 1.29 is 4.74 Å². The molecule has 0 aliphatic rings. The van der Waals surface area contributed by atoms with Gasteiger partial charge in [-0.1, -0.05) is 24.6 Å². The second-order valence-electron chi connectivity index (χ2n) is 5.08. The minimum Gasteiger partial charge on any atom is -0.496 e. The largest absolute Gasteiger partial charge is 0.496 e. The van der Waals surface area contributed by atoms with Crippen molar-refractivity contribution in [2.45, 2.75) is 33.2 Å². The van der Waals surface area contributed by atoms with Crippen LogP contribution in [0.2, 0.25) is 0 Å². The van der Waals surface area contributed by atoms with E-state index in [-0.39, 0.29) is 6.04 Å². The normalized spacial score (nSPS) is 12.4. The van der Waals surface area contributed by atoms with Crippen LogP contribution in [-0.4, -0.2) is 13.7 Å². The van der Waals surface area contributed by atoms with Gasteiger partial charge in [0.05, 0.1) is 13.2 Å². The molecule has 0 saturated heterocycles. The molecule has 20 heavy (non-hydrogen) atoms. The molecular formula is C17H23NOS. The first-order valence-corrected chi connectivity index (χ1v) is 7.91. The first kappa shape index (κ1) is 15.1. The van der Waals surface area contributed by atoms with Gasteiger partial charge in [-0.2, -0.15) is 0 Å². The van der Waals surface area contributed by atoms with Crippen molar-refractivity contribution in [1.82, 2.24) is 5.32 Å². The fourth-order valence-electron chi connectivity index (χ4n) is 2.34. The van der Waals surface area contributed by atoms with E-state index in [1.165, 1.54) is 20.9 Å². The Labute approximate surface area is 125 Å². The third-order valence-corrected chi connectivity index (χ3v) is 4.41. The first-order chi connectivity index (χ1) is 9.65. The van der Waals surface area contributed by atoms with Crippen LogP contribution in [0.4, 0.5) is 0 Å². The van der Waals surface area contributed by atoms with Crippen molar-refractivity contribution in [3.05, 3.63) is 51.2 Å². The lowest BCUT2D eigenvalue weighted by Gasteiger charge is -2.21. The van der Waals surface area contributed by atoms with Crippen LogP contribution in [0.25, 0.3) is 0 Å². The van der Waals surface area contributed by atoms with E-state index in [1.54, 1.807) is 7.11 Å². The van der Waals surface area contributed by atoms with Crippen LogP contribution in [0, 0.1) is 13.8 Å². The summed E-state index contributed by atoms with van der Waals surface area (Å²) in [4.78, 5) is 2.69. The summed E-state index contributed by atoms with van der Waals surface area (Å²) < 4.78 is 5.55. The molecule has 0 radical (unpaired) electrons. The van der Waals surface area contributed by atoms with E-state index in [2.05, 4.69) is 56.4 Å². The number of methoxy groups -OCH3 is 1. The van der Waals surface area contributed by atoms with Crippen LogP contribution in [0.3, 0.4) is 0 Å². The van der Waals surface area contributed by atoms with Gasteiger partial charge in [0, 0.05) is 15.3 Å². The lowest BCUT2D eigenvalue weighted by molar-refractivity contribution is 0.404. The summed E-state index contributed by atoms with van der Waals surface area (Å²) >= 11 is 1.85. The summed E-state index contributed by atoms with van der Waals surface area (Å²) in [5, 5.41) is 3.65. The first-order valence-electron chi connectivity index (χ1n) is 7.10. The molecular weight excluding hydrogens is 266 g/mol. The Balaban J connectivity index is 2.42. The van der Waals surface area contributed by atoms with Gasteiger partial charge in [0.25, 0.3) is 0 Å². The van der Waals surface area contributed by atoms with Crippen LogP contribution in [0.15, 0.2) is 30.3 Å². The zero-order valence-electron chi connectivity index (χ0n) is 12.7. The summed E-state index contributed by atoms with van der Waals surface area (Å²) in [6.07, 6.45) is 1.12. The zero-order chi connectivity index (χ0) is 14.5. The molecule has 1 aromatic carbocycles. The van der Waals surface area contributed by atoms with Gasteiger partial charge in [-0.25, -0.2) is 0 Å². The zero-order valence-corrected chi connectivity index (χ0v) is 13.5. The quantitative estimate of drug-likeness (QED) is 0.847. The molecule has 2 nitrogen and oxygen atoms in total. The van der Waals surface area contributed by atoms with E-state index in [0.29, 0.717) is 0 Å². The van der Waals surface area contributed by atoms with Gasteiger partial charge in [-0.05, 0) is 45.0 Å². The fourth-order valence-corrected chi connectivity index (χ4v) is 3.31. The molecule has 0 aliphatic carbocycles. The van der Waals surface area contributed by atoms with Gasteiger partial charge in [-0.3, -0.25) is 0 Å². The molecule has 1 N–H and O–H groups in total. The van der Waals surface area contributed by atoms with Crippen molar-refractivity contribution in [3.63, 3.8) is 0 Å². The summed E-state index contributed by atoms with van der Waals surface area (Å²) in [6.45, 7) is 7.47. The van der Waals surface area contributed by atoms with E-state index in [0.717, 1.165) is 18.7 Å². The second kappa shape index (κ2) is 6.91. The van der Waals surface area contributed by atoms with E-state index >= 15 is 0 Å². The van der Waals surface area contributed by atoms with Gasteiger partial charge in [0.1, 0.15) is 5.75 Å². The average molecular weight is 289 g/mol. The number of thiophene rings is 1. The van der Waals surface area contributed by atoms with E-state index in [1.807, 2.05) is 11.3 Å². The molecule has 0 amide bonds. The van der Waals surface area contributed by atoms with Gasteiger partial charge < -0.3 is 10.1 Å². The maximum Gasteiger partial charge on any atom is 0.124 e. The van der Waals surface area contributed by atoms with Crippen molar-refractivity contribution in [3.8, 4) is 5.75 Å². The Hall–Kier alpha value is -1.32. The lowest BCUT2D eigenvalue weighted by atomic mass is 10.0. The Morgan fingerprint density at radius 2 is 2.00 bits per heavy atom. The summed E-state index contributed by atoms with van der Waals surface area (Å²) in [6, 6.07) is 11.0. The van der Waals surface area contributed by atoms with Crippen LogP contribution in [-0.2, 0) is 0 Å². The Kier molecular flexibility index (Phi) is 5.21. The number of ether oxygens (including phenoxy) is 1. The predicted molar refractivity (Wildman–Crippen MR) is 86.9 cm³/mol.